The smallest absolute Gasteiger partial charge is 0.324 e. The molecule has 2 aliphatic rings. The number of hydrogen-bond acceptors (Lipinski definition) is 5. The van der Waals surface area contributed by atoms with Crippen molar-refractivity contribution in [3.63, 3.8) is 0 Å². The van der Waals surface area contributed by atoms with Crippen LogP contribution in [0, 0.1) is 0 Å². The zero-order chi connectivity index (χ0) is 12.3. The number of esters is 1. The number of carbonyl (C=O) groups excluding carboxylic acids is 1. The molecule has 1 saturated heterocycles. The van der Waals surface area contributed by atoms with Crippen LogP contribution in [0.15, 0.2) is 0 Å². The van der Waals surface area contributed by atoms with Gasteiger partial charge in [0.1, 0.15) is 6.04 Å². The van der Waals surface area contributed by atoms with Crippen LogP contribution in [0.5, 0.6) is 0 Å². The highest BCUT2D eigenvalue weighted by atomic mass is 16.5. The Morgan fingerprint density at radius 3 is 3.12 bits per heavy atom. The zero-order valence-corrected chi connectivity index (χ0v) is 10.6. The molecule has 0 aromatic rings. The van der Waals surface area contributed by atoms with Crippen molar-refractivity contribution in [3.05, 3.63) is 0 Å². The average Bonchev–Trinajstić information content (AvgIpc) is 2.83. The van der Waals surface area contributed by atoms with E-state index in [1.165, 1.54) is 20.0 Å². The monoisotopic (exact) mass is 242 g/mol. The summed E-state index contributed by atoms with van der Waals surface area (Å²) in [5, 5.41) is 3.02. The Bertz CT molecular complexity index is 272. The van der Waals surface area contributed by atoms with Crippen LogP contribution < -0.4 is 5.32 Å². The maximum absolute atomic E-state index is 11.6. The Morgan fingerprint density at radius 1 is 1.59 bits per heavy atom. The fourth-order valence-electron chi connectivity index (χ4n) is 2.89. The van der Waals surface area contributed by atoms with E-state index in [1.807, 2.05) is 0 Å². The van der Waals surface area contributed by atoms with Crippen LogP contribution in [0.25, 0.3) is 0 Å². The molecule has 1 saturated carbocycles. The predicted octanol–water partition coefficient (Wildman–Crippen LogP) is 0.000700. The van der Waals surface area contributed by atoms with Gasteiger partial charge in [0.25, 0.3) is 0 Å². The normalized spacial score (nSPS) is 30.9. The van der Waals surface area contributed by atoms with E-state index in [4.69, 9.17) is 9.47 Å². The number of fused-ring (bicyclic) bond motifs is 1. The molecule has 1 aliphatic carbocycles. The second-order valence-electron chi connectivity index (χ2n) is 4.77. The molecule has 0 aromatic carbocycles. The number of carbonyl (C=O) groups is 1. The highest BCUT2D eigenvalue weighted by Crippen LogP contribution is 2.29. The lowest BCUT2D eigenvalue weighted by Crippen LogP contribution is -2.54. The van der Waals surface area contributed by atoms with Crippen LogP contribution in [-0.4, -0.2) is 62.9 Å². The third kappa shape index (κ3) is 2.78. The van der Waals surface area contributed by atoms with E-state index in [0.717, 1.165) is 19.6 Å². The molecule has 0 amide bonds. The maximum Gasteiger partial charge on any atom is 0.324 e. The van der Waals surface area contributed by atoms with E-state index >= 15 is 0 Å². The van der Waals surface area contributed by atoms with Crippen molar-refractivity contribution in [3.8, 4) is 0 Å². The molecule has 0 spiro atoms. The molecule has 1 heterocycles. The van der Waals surface area contributed by atoms with Gasteiger partial charge in [-0.05, 0) is 26.3 Å². The lowest BCUT2D eigenvalue weighted by Gasteiger charge is -2.38. The van der Waals surface area contributed by atoms with E-state index in [1.54, 1.807) is 7.05 Å². The van der Waals surface area contributed by atoms with Crippen molar-refractivity contribution in [2.24, 2.45) is 0 Å². The van der Waals surface area contributed by atoms with Crippen LogP contribution in [0.3, 0.4) is 0 Å². The van der Waals surface area contributed by atoms with Gasteiger partial charge in [-0.15, -0.1) is 0 Å². The maximum atomic E-state index is 11.6. The third-order valence-corrected chi connectivity index (χ3v) is 3.85. The van der Waals surface area contributed by atoms with Crippen molar-refractivity contribution in [1.29, 1.82) is 0 Å². The van der Waals surface area contributed by atoms with Gasteiger partial charge < -0.3 is 14.8 Å². The molecule has 0 radical (unpaired) electrons. The van der Waals surface area contributed by atoms with Crippen molar-refractivity contribution < 1.29 is 14.3 Å². The fourth-order valence-corrected chi connectivity index (χ4v) is 2.89. The van der Waals surface area contributed by atoms with Gasteiger partial charge in [-0.1, -0.05) is 0 Å². The lowest BCUT2D eigenvalue weighted by atomic mass is 10.1. The summed E-state index contributed by atoms with van der Waals surface area (Å²) in [5.41, 5.74) is 0. The highest BCUT2D eigenvalue weighted by Gasteiger charge is 2.37. The standard InChI is InChI=1S/C12H22N2O3/c1-13-9(12(15)16-2)8-14-6-7-17-11-5-3-4-10(11)14/h9-11,13H,3-8H2,1-2H3. The van der Waals surface area contributed by atoms with Crippen molar-refractivity contribution in [1.82, 2.24) is 10.2 Å². The van der Waals surface area contributed by atoms with E-state index in [2.05, 4.69) is 10.2 Å². The number of nitrogens with one attached hydrogen (secondary N) is 1. The van der Waals surface area contributed by atoms with E-state index in [0.29, 0.717) is 18.7 Å². The van der Waals surface area contributed by atoms with Crippen LogP contribution in [-0.2, 0) is 14.3 Å². The number of ether oxygens (including phenoxy) is 2. The Labute approximate surface area is 102 Å². The van der Waals surface area contributed by atoms with Gasteiger partial charge in [0.15, 0.2) is 0 Å². The Kier molecular flexibility index (Phi) is 4.36. The van der Waals surface area contributed by atoms with Gasteiger partial charge >= 0.3 is 5.97 Å². The van der Waals surface area contributed by atoms with Crippen molar-refractivity contribution in [2.75, 3.05) is 33.9 Å². The predicted molar refractivity (Wildman–Crippen MR) is 63.8 cm³/mol. The average molecular weight is 242 g/mol. The Morgan fingerprint density at radius 2 is 2.41 bits per heavy atom. The summed E-state index contributed by atoms with van der Waals surface area (Å²) in [6.45, 7) is 2.41. The van der Waals surface area contributed by atoms with Gasteiger partial charge in [0.2, 0.25) is 0 Å². The summed E-state index contributed by atoms with van der Waals surface area (Å²) >= 11 is 0. The first-order chi connectivity index (χ1) is 8.26. The van der Waals surface area contributed by atoms with Crippen LogP contribution >= 0.6 is 0 Å². The lowest BCUT2D eigenvalue weighted by molar-refractivity contribution is -0.144. The molecule has 5 heteroatoms. The first kappa shape index (κ1) is 12.8. The van der Waals surface area contributed by atoms with Crippen molar-refractivity contribution >= 4 is 5.97 Å². The second-order valence-corrected chi connectivity index (χ2v) is 4.77. The Balaban J connectivity index is 1.94. The molecule has 1 N–H and O–H groups in total. The van der Waals surface area contributed by atoms with Gasteiger partial charge in [-0.2, -0.15) is 0 Å². The third-order valence-electron chi connectivity index (χ3n) is 3.85. The summed E-state index contributed by atoms with van der Waals surface area (Å²) < 4.78 is 10.6. The summed E-state index contributed by atoms with van der Waals surface area (Å²) in [5.74, 6) is -0.187. The van der Waals surface area contributed by atoms with E-state index in [-0.39, 0.29) is 12.0 Å². The summed E-state index contributed by atoms with van der Waals surface area (Å²) in [6.07, 6.45) is 3.94. The summed E-state index contributed by atoms with van der Waals surface area (Å²) in [4.78, 5) is 13.9. The first-order valence-corrected chi connectivity index (χ1v) is 6.37. The molecule has 3 unspecified atom stereocenters. The SMILES string of the molecule is CNC(CN1CCOC2CCCC21)C(=O)OC. The number of morpholine rings is 1. The van der Waals surface area contributed by atoms with Gasteiger partial charge in [-0.25, -0.2) is 0 Å². The minimum absolute atomic E-state index is 0.187. The van der Waals surface area contributed by atoms with Gasteiger partial charge in [0.05, 0.1) is 19.8 Å². The van der Waals surface area contributed by atoms with E-state index in [9.17, 15) is 4.79 Å². The molecule has 0 aromatic heterocycles. The quantitative estimate of drug-likeness (QED) is 0.703. The number of rotatable bonds is 4. The molecular weight excluding hydrogens is 220 g/mol. The molecule has 2 fully saturated rings. The molecule has 3 atom stereocenters. The molecule has 17 heavy (non-hydrogen) atoms. The van der Waals surface area contributed by atoms with E-state index < -0.39 is 0 Å². The molecule has 1 aliphatic heterocycles. The molecule has 98 valence electrons. The minimum atomic E-state index is -0.237. The van der Waals surface area contributed by atoms with Gasteiger partial charge in [-0.3, -0.25) is 9.69 Å². The fraction of sp³-hybridized carbons (Fsp3) is 0.917. The van der Waals surface area contributed by atoms with Crippen LogP contribution in [0.4, 0.5) is 0 Å². The van der Waals surface area contributed by atoms with Crippen LogP contribution in [0.2, 0.25) is 0 Å². The minimum Gasteiger partial charge on any atom is -0.468 e. The molecule has 0 bridgehead atoms. The second kappa shape index (κ2) is 5.80. The van der Waals surface area contributed by atoms with Gasteiger partial charge in [0, 0.05) is 19.1 Å². The number of hydrogen-bond donors (Lipinski definition) is 1. The highest BCUT2D eigenvalue weighted by molar-refractivity contribution is 5.75. The summed E-state index contributed by atoms with van der Waals surface area (Å²) in [6, 6.07) is 0.253. The topological polar surface area (TPSA) is 50.8 Å². The molecule has 2 rings (SSSR count). The van der Waals surface area contributed by atoms with Crippen molar-refractivity contribution in [2.45, 2.75) is 37.5 Å². The van der Waals surface area contributed by atoms with Crippen LogP contribution in [0.1, 0.15) is 19.3 Å². The Hall–Kier alpha value is -0.650. The number of nitrogens with zero attached hydrogens (tertiary/aromatic N) is 1. The molecular formula is C12H22N2O3. The number of likely N-dealkylation sites (N-methyl/N-ethyl adjacent to an activating group) is 1. The molecule has 5 nitrogen and oxygen atoms in total. The zero-order valence-electron chi connectivity index (χ0n) is 10.6. The summed E-state index contributed by atoms with van der Waals surface area (Å²) in [7, 11) is 3.23. The number of methoxy groups -OCH3 is 1. The first-order valence-electron chi connectivity index (χ1n) is 6.37. The largest absolute Gasteiger partial charge is 0.468 e.